The topological polar surface area (TPSA) is 101 Å². The van der Waals surface area contributed by atoms with Gasteiger partial charge in [-0.25, -0.2) is 4.98 Å². The normalized spacial score (nSPS) is 23.1. The Bertz CT molecular complexity index is 492. The lowest BCUT2D eigenvalue weighted by molar-refractivity contribution is -0.384. The first-order valence-corrected chi connectivity index (χ1v) is 6.08. The van der Waals surface area contributed by atoms with Crippen LogP contribution in [0.2, 0.25) is 0 Å². The van der Waals surface area contributed by atoms with Gasteiger partial charge in [0.05, 0.1) is 4.92 Å². The highest BCUT2D eigenvalue weighted by atomic mass is 16.6. The molecule has 104 valence electrons. The van der Waals surface area contributed by atoms with Crippen molar-refractivity contribution in [3.8, 4) is 0 Å². The van der Waals surface area contributed by atoms with Gasteiger partial charge in [-0.2, -0.15) is 4.98 Å². The maximum atomic E-state index is 11.0. The van der Waals surface area contributed by atoms with Gasteiger partial charge in [-0.3, -0.25) is 10.1 Å². The summed E-state index contributed by atoms with van der Waals surface area (Å²) in [6.45, 7) is 3.55. The predicted molar refractivity (Wildman–Crippen MR) is 72.0 cm³/mol. The molecule has 1 aromatic rings. The lowest BCUT2D eigenvalue weighted by atomic mass is 10.1. The summed E-state index contributed by atoms with van der Waals surface area (Å²) in [7, 11) is 4.01. The van der Waals surface area contributed by atoms with Gasteiger partial charge in [-0.15, -0.1) is 0 Å². The molecule has 0 bridgehead atoms. The zero-order chi connectivity index (χ0) is 14.2. The van der Waals surface area contributed by atoms with Crippen molar-refractivity contribution in [2.75, 3.05) is 37.8 Å². The van der Waals surface area contributed by atoms with E-state index in [4.69, 9.17) is 5.73 Å². The molecule has 0 amide bonds. The Balaban J connectivity index is 2.33. The van der Waals surface area contributed by atoms with Crippen LogP contribution in [-0.2, 0) is 0 Å². The van der Waals surface area contributed by atoms with Crippen LogP contribution >= 0.6 is 0 Å². The van der Waals surface area contributed by atoms with Gasteiger partial charge in [-0.05, 0) is 20.0 Å². The van der Waals surface area contributed by atoms with Crippen LogP contribution in [0.1, 0.15) is 6.92 Å². The van der Waals surface area contributed by atoms with Crippen molar-refractivity contribution < 1.29 is 4.92 Å². The quantitative estimate of drug-likeness (QED) is 0.622. The summed E-state index contributed by atoms with van der Waals surface area (Å²) >= 11 is 0. The van der Waals surface area contributed by atoms with Gasteiger partial charge in [-0.1, -0.05) is 6.92 Å². The second-order valence-electron chi connectivity index (χ2n) is 5.11. The summed E-state index contributed by atoms with van der Waals surface area (Å²) in [5.41, 5.74) is 5.45. The number of rotatable bonds is 3. The fraction of sp³-hybridized carbons (Fsp3) is 0.636. The van der Waals surface area contributed by atoms with E-state index in [1.54, 1.807) is 0 Å². The van der Waals surface area contributed by atoms with Crippen molar-refractivity contribution in [1.82, 2.24) is 14.9 Å². The zero-order valence-electron chi connectivity index (χ0n) is 11.3. The van der Waals surface area contributed by atoms with Gasteiger partial charge in [0.1, 0.15) is 6.20 Å². The molecule has 1 saturated heterocycles. The maximum Gasteiger partial charge on any atom is 0.329 e. The van der Waals surface area contributed by atoms with Gasteiger partial charge in [0, 0.05) is 19.1 Å². The molecule has 1 aromatic heterocycles. The van der Waals surface area contributed by atoms with Crippen LogP contribution in [0.4, 0.5) is 17.5 Å². The number of anilines is 2. The molecule has 0 saturated carbocycles. The molecule has 8 heteroatoms. The fourth-order valence-corrected chi connectivity index (χ4v) is 2.54. The molecule has 1 fully saturated rings. The van der Waals surface area contributed by atoms with Crippen molar-refractivity contribution in [2.45, 2.75) is 13.0 Å². The van der Waals surface area contributed by atoms with Crippen molar-refractivity contribution in [1.29, 1.82) is 0 Å². The van der Waals surface area contributed by atoms with E-state index in [9.17, 15) is 10.1 Å². The molecule has 19 heavy (non-hydrogen) atoms. The number of nitro groups is 1. The first-order chi connectivity index (χ1) is 8.90. The molecular weight excluding hydrogens is 248 g/mol. The highest BCUT2D eigenvalue weighted by Crippen LogP contribution is 2.31. The van der Waals surface area contributed by atoms with E-state index >= 15 is 0 Å². The van der Waals surface area contributed by atoms with Crippen molar-refractivity contribution in [3.63, 3.8) is 0 Å². The smallest absolute Gasteiger partial charge is 0.329 e. The van der Waals surface area contributed by atoms with E-state index in [-0.39, 0.29) is 11.6 Å². The van der Waals surface area contributed by atoms with Gasteiger partial charge >= 0.3 is 5.69 Å². The Kier molecular flexibility index (Phi) is 3.52. The molecule has 0 spiro atoms. The zero-order valence-corrected chi connectivity index (χ0v) is 11.3. The Morgan fingerprint density at radius 2 is 2.21 bits per heavy atom. The Morgan fingerprint density at radius 3 is 2.74 bits per heavy atom. The van der Waals surface area contributed by atoms with E-state index in [0.717, 1.165) is 6.54 Å². The van der Waals surface area contributed by atoms with Crippen molar-refractivity contribution in [2.24, 2.45) is 5.92 Å². The summed E-state index contributed by atoms with van der Waals surface area (Å²) in [4.78, 5) is 22.3. The molecule has 2 atom stereocenters. The van der Waals surface area contributed by atoms with E-state index < -0.39 is 4.92 Å². The summed E-state index contributed by atoms with van der Waals surface area (Å²) < 4.78 is 0. The van der Waals surface area contributed by atoms with E-state index in [1.807, 2.05) is 19.0 Å². The second kappa shape index (κ2) is 4.96. The number of hydrogen-bond acceptors (Lipinski definition) is 7. The van der Waals surface area contributed by atoms with Crippen LogP contribution in [0.5, 0.6) is 0 Å². The Hall–Kier alpha value is -1.96. The highest BCUT2D eigenvalue weighted by Gasteiger charge is 2.35. The first-order valence-electron chi connectivity index (χ1n) is 6.08. The number of likely N-dealkylation sites (N-methyl/N-ethyl adjacent to an activating group) is 1. The molecule has 2 N–H and O–H groups in total. The molecule has 2 rings (SSSR count). The summed E-state index contributed by atoms with van der Waals surface area (Å²) in [6, 6.07) is 0.343. The minimum atomic E-state index is -0.470. The van der Waals surface area contributed by atoms with Crippen LogP contribution < -0.4 is 10.6 Å². The van der Waals surface area contributed by atoms with E-state index in [1.165, 1.54) is 6.20 Å². The third kappa shape index (κ3) is 2.58. The monoisotopic (exact) mass is 266 g/mol. The van der Waals surface area contributed by atoms with Gasteiger partial charge < -0.3 is 15.5 Å². The Labute approximate surface area is 111 Å². The highest BCUT2D eigenvalue weighted by molar-refractivity contribution is 5.59. The van der Waals surface area contributed by atoms with Gasteiger partial charge in [0.25, 0.3) is 0 Å². The fourth-order valence-electron chi connectivity index (χ4n) is 2.54. The minimum absolute atomic E-state index is 0.0570. The third-order valence-electron chi connectivity index (χ3n) is 3.50. The molecule has 1 aliphatic rings. The first kappa shape index (κ1) is 13.5. The minimum Gasteiger partial charge on any atom is -0.368 e. The molecule has 0 radical (unpaired) electrons. The second-order valence-corrected chi connectivity index (χ2v) is 5.11. The van der Waals surface area contributed by atoms with Crippen LogP contribution in [0.15, 0.2) is 6.20 Å². The summed E-state index contributed by atoms with van der Waals surface area (Å²) in [5, 5.41) is 11.0. The van der Waals surface area contributed by atoms with Gasteiger partial charge in [0.2, 0.25) is 11.8 Å². The van der Waals surface area contributed by atoms with Crippen LogP contribution in [-0.4, -0.2) is 53.0 Å². The average Bonchev–Trinajstić information content (AvgIpc) is 2.70. The van der Waals surface area contributed by atoms with Crippen molar-refractivity contribution in [3.05, 3.63) is 16.3 Å². The van der Waals surface area contributed by atoms with Crippen molar-refractivity contribution >= 4 is 17.5 Å². The maximum absolute atomic E-state index is 11.0. The SMILES string of the molecule is CC1CN(c2nc(N)ncc2[N+](=O)[O-])CC1N(C)C. The molecular formula is C11H18N6O2. The number of nitrogens with zero attached hydrogens (tertiary/aromatic N) is 5. The number of hydrogen-bond donors (Lipinski definition) is 1. The van der Waals surface area contributed by atoms with Gasteiger partial charge in [0.15, 0.2) is 0 Å². The molecule has 2 heterocycles. The number of aromatic nitrogens is 2. The third-order valence-corrected chi connectivity index (χ3v) is 3.50. The van der Waals surface area contributed by atoms with Crippen LogP contribution in [0, 0.1) is 16.0 Å². The molecule has 8 nitrogen and oxygen atoms in total. The predicted octanol–water partition coefficient (Wildman–Crippen LogP) is 0.353. The molecule has 0 aliphatic carbocycles. The number of nitrogen functional groups attached to an aromatic ring is 1. The summed E-state index contributed by atoms with van der Waals surface area (Å²) in [6.07, 6.45) is 1.17. The Morgan fingerprint density at radius 1 is 1.53 bits per heavy atom. The van der Waals surface area contributed by atoms with E-state index in [0.29, 0.717) is 24.3 Å². The summed E-state index contributed by atoms with van der Waals surface area (Å²) in [5.74, 6) is 0.779. The lowest BCUT2D eigenvalue weighted by Gasteiger charge is -2.22. The average molecular weight is 266 g/mol. The molecule has 2 unspecified atom stereocenters. The number of nitrogens with two attached hydrogens (primary N) is 1. The van der Waals surface area contributed by atoms with E-state index in [2.05, 4.69) is 21.8 Å². The largest absolute Gasteiger partial charge is 0.368 e. The standard InChI is InChI=1S/C11H18N6O2/c1-7-5-16(6-9(7)15(2)3)10-8(17(18)19)4-13-11(12)14-10/h4,7,9H,5-6H2,1-3H3,(H2,12,13,14). The lowest BCUT2D eigenvalue weighted by Crippen LogP contribution is -2.34. The molecule has 0 aromatic carbocycles. The van der Waals surface area contributed by atoms with Crippen LogP contribution in [0.3, 0.4) is 0 Å². The molecule has 1 aliphatic heterocycles. The van der Waals surface area contributed by atoms with Crippen LogP contribution in [0.25, 0.3) is 0 Å².